The zero-order chi connectivity index (χ0) is 14.5. The lowest BCUT2D eigenvalue weighted by molar-refractivity contribution is -0.118. The molecular formula is C16H16ClNO2. The van der Waals surface area contributed by atoms with E-state index in [1.54, 1.807) is 12.1 Å². The largest absolute Gasteiger partial charge is 0.482 e. The number of benzene rings is 2. The summed E-state index contributed by atoms with van der Waals surface area (Å²) in [5.74, 6) is 0.299. The Morgan fingerprint density at radius 1 is 1.10 bits per heavy atom. The van der Waals surface area contributed by atoms with Crippen molar-refractivity contribution in [3.05, 3.63) is 58.6 Å². The fourth-order valence-corrected chi connectivity index (χ4v) is 2.08. The van der Waals surface area contributed by atoms with Gasteiger partial charge in [0.25, 0.3) is 5.91 Å². The molecule has 104 valence electrons. The molecular weight excluding hydrogens is 274 g/mol. The van der Waals surface area contributed by atoms with Crippen LogP contribution in [0.25, 0.3) is 0 Å². The van der Waals surface area contributed by atoms with Crippen LogP contribution in [0.3, 0.4) is 0 Å². The maximum absolute atomic E-state index is 11.9. The van der Waals surface area contributed by atoms with Gasteiger partial charge in [-0.2, -0.15) is 0 Å². The van der Waals surface area contributed by atoms with E-state index in [0.29, 0.717) is 10.8 Å². The van der Waals surface area contributed by atoms with Crippen molar-refractivity contribution in [1.82, 2.24) is 0 Å². The van der Waals surface area contributed by atoms with Crippen LogP contribution in [0.4, 0.5) is 5.69 Å². The van der Waals surface area contributed by atoms with Gasteiger partial charge in [-0.05, 0) is 37.1 Å². The molecule has 0 heterocycles. The SMILES string of the molecule is Cc1cccc(C)c1NC(=O)COc1ccccc1Cl. The number of hydrogen-bond donors (Lipinski definition) is 1. The van der Waals surface area contributed by atoms with Crippen LogP contribution in [0, 0.1) is 13.8 Å². The predicted octanol–water partition coefficient (Wildman–Crippen LogP) is 3.97. The normalized spacial score (nSPS) is 10.2. The topological polar surface area (TPSA) is 38.3 Å². The summed E-state index contributed by atoms with van der Waals surface area (Å²) in [7, 11) is 0. The summed E-state index contributed by atoms with van der Waals surface area (Å²) in [5, 5.41) is 3.35. The van der Waals surface area contributed by atoms with Crippen LogP contribution in [0.5, 0.6) is 5.75 Å². The minimum Gasteiger partial charge on any atom is -0.482 e. The van der Waals surface area contributed by atoms with Crippen molar-refractivity contribution in [3.8, 4) is 5.75 Å². The number of para-hydroxylation sites is 2. The highest BCUT2D eigenvalue weighted by Gasteiger charge is 2.09. The first-order valence-electron chi connectivity index (χ1n) is 6.31. The number of halogens is 1. The molecule has 2 aromatic rings. The Hall–Kier alpha value is -2.00. The molecule has 0 saturated carbocycles. The monoisotopic (exact) mass is 289 g/mol. The molecule has 0 spiro atoms. The zero-order valence-corrected chi connectivity index (χ0v) is 12.2. The third-order valence-corrected chi connectivity index (χ3v) is 3.25. The fourth-order valence-electron chi connectivity index (χ4n) is 1.89. The number of carbonyl (C=O) groups excluding carboxylic acids is 1. The van der Waals surface area contributed by atoms with E-state index in [1.807, 2.05) is 44.2 Å². The Morgan fingerprint density at radius 2 is 1.75 bits per heavy atom. The third kappa shape index (κ3) is 3.52. The van der Waals surface area contributed by atoms with Crippen LogP contribution in [-0.2, 0) is 4.79 Å². The molecule has 1 N–H and O–H groups in total. The summed E-state index contributed by atoms with van der Waals surface area (Å²) in [6.07, 6.45) is 0. The highest BCUT2D eigenvalue weighted by molar-refractivity contribution is 6.32. The van der Waals surface area contributed by atoms with Gasteiger partial charge in [0.15, 0.2) is 6.61 Å². The van der Waals surface area contributed by atoms with E-state index in [9.17, 15) is 4.79 Å². The molecule has 0 bridgehead atoms. The Kier molecular flexibility index (Phi) is 4.64. The number of aryl methyl sites for hydroxylation is 2. The van der Waals surface area contributed by atoms with Crippen LogP contribution in [0.15, 0.2) is 42.5 Å². The maximum atomic E-state index is 11.9. The van der Waals surface area contributed by atoms with E-state index >= 15 is 0 Å². The highest BCUT2D eigenvalue weighted by Crippen LogP contribution is 2.23. The van der Waals surface area contributed by atoms with Crippen molar-refractivity contribution in [3.63, 3.8) is 0 Å². The summed E-state index contributed by atoms with van der Waals surface area (Å²) in [6, 6.07) is 12.9. The smallest absolute Gasteiger partial charge is 0.262 e. The van der Waals surface area contributed by atoms with E-state index in [4.69, 9.17) is 16.3 Å². The van der Waals surface area contributed by atoms with Gasteiger partial charge in [-0.15, -0.1) is 0 Å². The first-order chi connectivity index (χ1) is 9.58. The lowest BCUT2D eigenvalue weighted by Crippen LogP contribution is -2.21. The molecule has 2 aromatic carbocycles. The van der Waals surface area contributed by atoms with Gasteiger partial charge in [-0.25, -0.2) is 0 Å². The lowest BCUT2D eigenvalue weighted by atomic mass is 10.1. The minimum atomic E-state index is -0.206. The molecule has 3 nitrogen and oxygen atoms in total. The average Bonchev–Trinajstić information content (AvgIpc) is 2.42. The summed E-state index contributed by atoms with van der Waals surface area (Å²) < 4.78 is 5.41. The molecule has 0 atom stereocenters. The Balaban J connectivity index is 1.98. The van der Waals surface area contributed by atoms with E-state index in [0.717, 1.165) is 16.8 Å². The maximum Gasteiger partial charge on any atom is 0.262 e. The van der Waals surface area contributed by atoms with Crippen LogP contribution >= 0.6 is 11.6 Å². The van der Waals surface area contributed by atoms with Gasteiger partial charge >= 0.3 is 0 Å². The fraction of sp³-hybridized carbons (Fsp3) is 0.188. The molecule has 0 aliphatic carbocycles. The summed E-state index contributed by atoms with van der Waals surface area (Å²) in [5.41, 5.74) is 2.88. The van der Waals surface area contributed by atoms with Crippen molar-refractivity contribution in [2.24, 2.45) is 0 Å². The van der Waals surface area contributed by atoms with E-state index < -0.39 is 0 Å². The van der Waals surface area contributed by atoms with Gasteiger partial charge in [-0.3, -0.25) is 4.79 Å². The first-order valence-corrected chi connectivity index (χ1v) is 6.69. The molecule has 0 aromatic heterocycles. The highest BCUT2D eigenvalue weighted by atomic mass is 35.5. The molecule has 0 radical (unpaired) electrons. The number of amides is 1. The van der Waals surface area contributed by atoms with Crippen molar-refractivity contribution in [1.29, 1.82) is 0 Å². The summed E-state index contributed by atoms with van der Waals surface area (Å²) in [4.78, 5) is 11.9. The van der Waals surface area contributed by atoms with Gasteiger partial charge in [0.2, 0.25) is 0 Å². The van der Waals surface area contributed by atoms with Gasteiger partial charge in [0, 0.05) is 5.69 Å². The Morgan fingerprint density at radius 3 is 2.40 bits per heavy atom. The van der Waals surface area contributed by atoms with Crippen molar-refractivity contribution in [2.75, 3.05) is 11.9 Å². The van der Waals surface area contributed by atoms with Gasteiger partial charge in [0.1, 0.15) is 5.75 Å². The van der Waals surface area contributed by atoms with Crippen LogP contribution in [-0.4, -0.2) is 12.5 Å². The molecule has 0 unspecified atom stereocenters. The molecule has 0 aliphatic rings. The Labute approximate surface area is 123 Å². The van der Waals surface area contributed by atoms with Crippen molar-refractivity contribution >= 4 is 23.2 Å². The van der Waals surface area contributed by atoms with Gasteiger partial charge in [-0.1, -0.05) is 41.9 Å². The van der Waals surface area contributed by atoms with Gasteiger partial charge < -0.3 is 10.1 Å². The molecule has 4 heteroatoms. The van der Waals surface area contributed by atoms with Crippen LogP contribution in [0.2, 0.25) is 5.02 Å². The molecule has 1 amide bonds. The average molecular weight is 290 g/mol. The van der Waals surface area contributed by atoms with Crippen molar-refractivity contribution < 1.29 is 9.53 Å². The van der Waals surface area contributed by atoms with Crippen molar-refractivity contribution in [2.45, 2.75) is 13.8 Å². The Bertz CT molecular complexity index is 605. The molecule has 20 heavy (non-hydrogen) atoms. The summed E-state index contributed by atoms with van der Waals surface area (Å²) in [6.45, 7) is 3.84. The third-order valence-electron chi connectivity index (χ3n) is 2.94. The standard InChI is InChI=1S/C16H16ClNO2/c1-11-6-5-7-12(2)16(11)18-15(19)10-20-14-9-4-3-8-13(14)17/h3-9H,10H2,1-2H3,(H,18,19). The molecule has 2 rings (SSSR count). The second-order valence-corrected chi connectivity index (χ2v) is 4.94. The second kappa shape index (κ2) is 6.44. The lowest BCUT2D eigenvalue weighted by Gasteiger charge is -2.12. The number of ether oxygens (including phenoxy) is 1. The number of nitrogens with one attached hydrogen (secondary N) is 1. The number of hydrogen-bond acceptors (Lipinski definition) is 2. The van der Waals surface area contributed by atoms with Crippen LogP contribution in [0.1, 0.15) is 11.1 Å². The van der Waals surface area contributed by atoms with Crippen LogP contribution < -0.4 is 10.1 Å². The predicted molar refractivity (Wildman–Crippen MR) is 81.5 cm³/mol. The number of carbonyl (C=O) groups is 1. The molecule has 0 aliphatic heterocycles. The summed E-state index contributed by atoms with van der Waals surface area (Å²) >= 11 is 5.96. The quantitative estimate of drug-likeness (QED) is 0.925. The van der Waals surface area contributed by atoms with Gasteiger partial charge in [0.05, 0.1) is 5.02 Å². The second-order valence-electron chi connectivity index (χ2n) is 4.53. The van der Waals surface area contributed by atoms with E-state index in [1.165, 1.54) is 0 Å². The molecule has 0 fully saturated rings. The first kappa shape index (κ1) is 14.4. The minimum absolute atomic E-state index is 0.0719. The number of rotatable bonds is 4. The number of anilines is 1. The van der Waals surface area contributed by atoms with E-state index in [2.05, 4.69) is 5.32 Å². The zero-order valence-electron chi connectivity index (χ0n) is 11.4. The van der Waals surface area contributed by atoms with E-state index in [-0.39, 0.29) is 12.5 Å². The molecule has 0 saturated heterocycles.